The first-order valence-electron chi connectivity index (χ1n) is 8.44. The number of sulfonamides is 1. The van der Waals surface area contributed by atoms with E-state index in [0.717, 1.165) is 25.3 Å². The number of anilines is 2. The second-order valence-corrected chi connectivity index (χ2v) is 7.72. The zero-order chi connectivity index (χ0) is 21.9. The van der Waals surface area contributed by atoms with Gasteiger partial charge in [0.1, 0.15) is 22.0 Å². The largest absolute Gasteiger partial charge is 0.465 e. The highest BCUT2D eigenvalue weighted by atomic mass is 32.2. The normalized spacial score (nSPS) is 11.0. The van der Waals surface area contributed by atoms with Crippen molar-refractivity contribution >= 4 is 33.3 Å². The Morgan fingerprint density at radius 1 is 1.10 bits per heavy atom. The average molecular weight is 433 g/mol. The number of carbonyl (C=O) groups excluding carboxylic acids is 2. The molecule has 30 heavy (non-hydrogen) atoms. The van der Waals surface area contributed by atoms with Crippen molar-refractivity contribution in [1.29, 1.82) is 0 Å². The van der Waals surface area contributed by atoms with E-state index >= 15 is 0 Å². The lowest BCUT2D eigenvalue weighted by atomic mass is 10.2. The van der Waals surface area contributed by atoms with Crippen LogP contribution in [0.5, 0.6) is 0 Å². The molecule has 11 heteroatoms. The number of hydrogen-bond donors (Lipinski definition) is 2. The maximum Gasteiger partial charge on any atom is 0.337 e. The van der Waals surface area contributed by atoms with E-state index in [1.54, 1.807) is 6.92 Å². The first-order valence-corrected chi connectivity index (χ1v) is 9.93. The van der Waals surface area contributed by atoms with Crippen LogP contribution in [0.4, 0.5) is 15.8 Å². The SMILES string of the molecule is COC(=O)c1ccc(F)c(S(=O)(=O)Nc2ccc(NC(=O)c3cnoc3C)cc2)c1. The van der Waals surface area contributed by atoms with Gasteiger partial charge in [-0.25, -0.2) is 17.6 Å². The first kappa shape index (κ1) is 21.0. The molecular weight excluding hydrogens is 417 g/mol. The van der Waals surface area contributed by atoms with E-state index in [1.807, 2.05) is 0 Å². The van der Waals surface area contributed by atoms with E-state index in [4.69, 9.17) is 4.52 Å². The Balaban J connectivity index is 1.77. The number of rotatable bonds is 6. The smallest absolute Gasteiger partial charge is 0.337 e. The first-order chi connectivity index (χ1) is 14.2. The highest BCUT2D eigenvalue weighted by Gasteiger charge is 2.22. The highest BCUT2D eigenvalue weighted by Crippen LogP contribution is 2.22. The van der Waals surface area contributed by atoms with E-state index in [9.17, 15) is 22.4 Å². The molecule has 3 rings (SSSR count). The summed E-state index contributed by atoms with van der Waals surface area (Å²) in [4.78, 5) is 23.0. The Bertz CT molecular complexity index is 1210. The third kappa shape index (κ3) is 4.46. The summed E-state index contributed by atoms with van der Waals surface area (Å²) in [6, 6.07) is 8.56. The van der Waals surface area contributed by atoms with Crippen LogP contribution in [0, 0.1) is 12.7 Å². The van der Waals surface area contributed by atoms with Gasteiger partial charge in [0.25, 0.3) is 15.9 Å². The van der Waals surface area contributed by atoms with Crippen LogP contribution in [-0.2, 0) is 14.8 Å². The van der Waals surface area contributed by atoms with Gasteiger partial charge in [0.2, 0.25) is 0 Å². The quantitative estimate of drug-likeness (QED) is 0.572. The molecule has 0 fully saturated rings. The van der Waals surface area contributed by atoms with Crippen molar-refractivity contribution in [3.63, 3.8) is 0 Å². The number of methoxy groups -OCH3 is 1. The molecule has 0 saturated heterocycles. The minimum absolute atomic E-state index is 0.110. The maximum absolute atomic E-state index is 14.1. The maximum atomic E-state index is 14.1. The number of carbonyl (C=O) groups is 2. The Labute approximate surface area is 170 Å². The number of aryl methyl sites for hydroxylation is 1. The lowest BCUT2D eigenvalue weighted by Gasteiger charge is -2.11. The van der Waals surface area contributed by atoms with Gasteiger partial charge in [0.05, 0.1) is 18.9 Å². The molecule has 1 heterocycles. The van der Waals surface area contributed by atoms with Gasteiger partial charge in [-0.15, -0.1) is 0 Å². The van der Waals surface area contributed by atoms with Crippen LogP contribution < -0.4 is 10.0 Å². The summed E-state index contributed by atoms with van der Waals surface area (Å²) in [7, 11) is -3.20. The molecule has 0 bridgehead atoms. The summed E-state index contributed by atoms with van der Waals surface area (Å²) in [6.07, 6.45) is 1.28. The fraction of sp³-hybridized carbons (Fsp3) is 0.105. The number of esters is 1. The molecule has 0 saturated carbocycles. The van der Waals surface area contributed by atoms with Gasteiger partial charge >= 0.3 is 5.97 Å². The molecule has 156 valence electrons. The van der Waals surface area contributed by atoms with Gasteiger partial charge in [0, 0.05) is 11.4 Å². The van der Waals surface area contributed by atoms with Crippen molar-refractivity contribution < 1.29 is 31.7 Å². The van der Waals surface area contributed by atoms with E-state index in [1.165, 1.54) is 30.5 Å². The predicted octanol–water partition coefficient (Wildman–Crippen LogP) is 2.96. The van der Waals surface area contributed by atoms with Crippen molar-refractivity contribution in [2.24, 2.45) is 0 Å². The van der Waals surface area contributed by atoms with E-state index in [2.05, 4.69) is 19.9 Å². The van der Waals surface area contributed by atoms with Gasteiger partial charge in [-0.3, -0.25) is 9.52 Å². The predicted molar refractivity (Wildman–Crippen MR) is 104 cm³/mol. The van der Waals surface area contributed by atoms with Crippen LogP contribution in [0.2, 0.25) is 0 Å². The number of halogens is 1. The summed E-state index contributed by atoms with van der Waals surface area (Å²) in [5.41, 5.74) is 0.668. The molecule has 0 spiro atoms. The van der Waals surface area contributed by atoms with Crippen LogP contribution in [0.25, 0.3) is 0 Å². The molecule has 0 atom stereocenters. The van der Waals surface area contributed by atoms with E-state index in [-0.39, 0.29) is 16.8 Å². The van der Waals surface area contributed by atoms with Crippen molar-refractivity contribution in [2.45, 2.75) is 11.8 Å². The summed E-state index contributed by atoms with van der Waals surface area (Å²) in [5.74, 6) is -1.91. The molecule has 0 radical (unpaired) electrons. The van der Waals surface area contributed by atoms with E-state index < -0.39 is 32.6 Å². The standard InChI is InChI=1S/C19H16FN3O6S/c1-11-15(10-21-29-11)18(24)22-13-4-6-14(7-5-13)23-30(26,27)17-9-12(19(25)28-2)3-8-16(17)20/h3-10,23H,1-2H3,(H,22,24). The Kier molecular flexibility index (Phi) is 5.83. The fourth-order valence-corrected chi connectivity index (χ4v) is 3.66. The number of ether oxygens (including phenoxy) is 1. The lowest BCUT2D eigenvalue weighted by Crippen LogP contribution is -2.16. The minimum atomic E-state index is -4.33. The summed E-state index contributed by atoms with van der Waals surface area (Å²) in [5, 5.41) is 6.14. The molecule has 1 amide bonds. The molecule has 1 aromatic heterocycles. The zero-order valence-electron chi connectivity index (χ0n) is 15.8. The number of amides is 1. The summed E-state index contributed by atoms with van der Waals surface area (Å²) in [6.45, 7) is 1.59. The highest BCUT2D eigenvalue weighted by molar-refractivity contribution is 7.92. The number of nitrogens with one attached hydrogen (secondary N) is 2. The summed E-state index contributed by atoms with van der Waals surface area (Å²) < 4.78 is 50.8. The van der Waals surface area contributed by atoms with Crippen molar-refractivity contribution in [3.8, 4) is 0 Å². The minimum Gasteiger partial charge on any atom is -0.465 e. The van der Waals surface area contributed by atoms with Gasteiger partial charge in [0.15, 0.2) is 0 Å². The van der Waals surface area contributed by atoms with Crippen LogP contribution in [-0.4, -0.2) is 32.6 Å². The average Bonchev–Trinajstić information content (AvgIpc) is 3.15. The second-order valence-electron chi connectivity index (χ2n) is 6.07. The molecule has 0 aliphatic heterocycles. The molecule has 0 aliphatic carbocycles. The summed E-state index contributed by atoms with van der Waals surface area (Å²) >= 11 is 0. The van der Waals surface area contributed by atoms with Crippen LogP contribution in [0.3, 0.4) is 0 Å². The number of benzene rings is 2. The molecule has 3 aromatic rings. The zero-order valence-corrected chi connectivity index (χ0v) is 16.6. The number of aromatic nitrogens is 1. The third-order valence-electron chi connectivity index (χ3n) is 4.03. The topological polar surface area (TPSA) is 128 Å². The molecule has 0 unspecified atom stereocenters. The molecule has 9 nitrogen and oxygen atoms in total. The molecule has 2 N–H and O–H groups in total. The van der Waals surface area contributed by atoms with Crippen molar-refractivity contribution in [2.75, 3.05) is 17.1 Å². The fourth-order valence-electron chi connectivity index (χ4n) is 2.50. The Morgan fingerprint density at radius 2 is 1.77 bits per heavy atom. The number of nitrogens with zero attached hydrogens (tertiary/aromatic N) is 1. The van der Waals surface area contributed by atoms with Gasteiger partial charge in [-0.05, 0) is 49.4 Å². The lowest BCUT2D eigenvalue weighted by molar-refractivity contribution is 0.0600. The van der Waals surface area contributed by atoms with Crippen LogP contribution >= 0.6 is 0 Å². The van der Waals surface area contributed by atoms with Crippen molar-refractivity contribution in [1.82, 2.24) is 5.16 Å². The molecular formula is C19H16FN3O6S. The Morgan fingerprint density at radius 3 is 2.37 bits per heavy atom. The third-order valence-corrected chi connectivity index (χ3v) is 5.43. The van der Waals surface area contributed by atoms with E-state index in [0.29, 0.717) is 11.4 Å². The Hall–Kier alpha value is -3.73. The van der Waals surface area contributed by atoms with Gasteiger partial charge in [-0.2, -0.15) is 0 Å². The monoisotopic (exact) mass is 433 g/mol. The van der Waals surface area contributed by atoms with Gasteiger partial charge < -0.3 is 14.6 Å². The second kappa shape index (κ2) is 8.33. The van der Waals surface area contributed by atoms with Crippen LogP contribution in [0.15, 0.2) is 58.1 Å². The number of hydrogen-bond acceptors (Lipinski definition) is 7. The van der Waals surface area contributed by atoms with Gasteiger partial charge in [-0.1, -0.05) is 5.16 Å². The molecule has 0 aliphatic rings. The van der Waals surface area contributed by atoms with Crippen LogP contribution in [0.1, 0.15) is 26.5 Å². The van der Waals surface area contributed by atoms with Crippen molar-refractivity contribution in [3.05, 3.63) is 71.4 Å². The molecule has 2 aromatic carbocycles.